The molecule has 0 saturated heterocycles. The third kappa shape index (κ3) is 2.95. The number of ether oxygens (including phenoxy) is 1. The van der Waals surface area contributed by atoms with Crippen molar-refractivity contribution >= 4 is 34.8 Å². The zero-order chi connectivity index (χ0) is 17.3. The van der Waals surface area contributed by atoms with Crippen LogP contribution in [0.25, 0.3) is 0 Å². The highest BCUT2D eigenvalue weighted by molar-refractivity contribution is 6.34. The number of benzene rings is 2. The molecule has 0 saturated carbocycles. The van der Waals surface area contributed by atoms with Crippen LogP contribution in [0.15, 0.2) is 36.4 Å². The Morgan fingerprint density at radius 2 is 2.00 bits per heavy atom. The van der Waals surface area contributed by atoms with Gasteiger partial charge in [0, 0.05) is 25.2 Å². The number of nitrogens with zero attached hydrogens (tertiary/aromatic N) is 1. The summed E-state index contributed by atoms with van der Waals surface area (Å²) in [6.07, 6.45) is 0.821. The number of rotatable bonds is 3. The van der Waals surface area contributed by atoms with E-state index in [-0.39, 0.29) is 11.8 Å². The van der Waals surface area contributed by atoms with E-state index in [4.69, 9.17) is 16.3 Å². The fraction of sp³-hybridized carbons (Fsp3) is 0.222. The monoisotopic (exact) mass is 344 g/mol. The fourth-order valence-corrected chi connectivity index (χ4v) is 3.08. The molecule has 0 fully saturated rings. The Morgan fingerprint density at radius 3 is 2.71 bits per heavy atom. The molecule has 1 N–H and O–H groups in total. The molecule has 1 aliphatic heterocycles. The quantitative estimate of drug-likeness (QED) is 0.927. The number of hydrogen-bond acceptors (Lipinski definition) is 3. The Morgan fingerprint density at radius 1 is 1.25 bits per heavy atom. The lowest BCUT2D eigenvalue weighted by molar-refractivity contribution is -0.114. The third-order valence-electron chi connectivity index (χ3n) is 3.96. The second kappa shape index (κ2) is 6.53. The lowest BCUT2D eigenvalue weighted by Gasteiger charge is -2.20. The zero-order valence-corrected chi connectivity index (χ0v) is 14.2. The molecule has 0 aromatic heterocycles. The van der Waals surface area contributed by atoms with Crippen molar-refractivity contribution < 1.29 is 14.3 Å². The van der Waals surface area contributed by atoms with E-state index in [1.54, 1.807) is 11.0 Å². The first kappa shape index (κ1) is 16.3. The van der Waals surface area contributed by atoms with E-state index in [2.05, 4.69) is 5.32 Å². The van der Waals surface area contributed by atoms with Crippen LogP contribution in [0, 0.1) is 0 Å². The minimum Gasteiger partial charge on any atom is -0.496 e. The number of hydrogen-bond donors (Lipinski definition) is 1. The summed E-state index contributed by atoms with van der Waals surface area (Å²) in [5.74, 6) is -0.0443. The molecule has 2 aromatic carbocycles. The molecule has 0 unspecified atom stereocenters. The van der Waals surface area contributed by atoms with Crippen LogP contribution < -0.4 is 15.0 Å². The summed E-state index contributed by atoms with van der Waals surface area (Å²) >= 11 is 6.21. The molecule has 1 aliphatic rings. The Balaban J connectivity index is 1.99. The Labute approximate surface area is 145 Å². The number of fused-ring (bicyclic) bond motifs is 1. The van der Waals surface area contributed by atoms with E-state index in [0.717, 1.165) is 17.7 Å². The second-order valence-electron chi connectivity index (χ2n) is 5.55. The largest absolute Gasteiger partial charge is 0.496 e. The van der Waals surface area contributed by atoms with Crippen LogP contribution in [0.3, 0.4) is 0 Å². The molecule has 1 heterocycles. The van der Waals surface area contributed by atoms with Gasteiger partial charge in [-0.15, -0.1) is 0 Å². The van der Waals surface area contributed by atoms with Gasteiger partial charge in [-0.2, -0.15) is 0 Å². The van der Waals surface area contributed by atoms with Crippen LogP contribution in [0.1, 0.15) is 22.8 Å². The van der Waals surface area contributed by atoms with E-state index in [1.165, 1.54) is 20.1 Å². The van der Waals surface area contributed by atoms with Gasteiger partial charge in [0.15, 0.2) is 0 Å². The van der Waals surface area contributed by atoms with Gasteiger partial charge < -0.3 is 15.0 Å². The van der Waals surface area contributed by atoms with Crippen molar-refractivity contribution in [2.75, 3.05) is 23.9 Å². The summed E-state index contributed by atoms with van der Waals surface area (Å²) < 4.78 is 5.33. The summed E-state index contributed by atoms with van der Waals surface area (Å²) in [5.41, 5.74) is 2.84. The van der Waals surface area contributed by atoms with E-state index in [9.17, 15) is 9.59 Å². The van der Waals surface area contributed by atoms with Gasteiger partial charge in [0.2, 0.25) is 5.91 Å². The topological polar surface area (TPSA) is 58.6 Å². The number of anilines is 2. The first-order valence-corrected chi connectivity index (χ1v) is 7.94. The summed E-state index contributed by atoms with van der Waals surface area (Å²) in [5, 5.41) is 2.92. The van der Waals surface area contributed by atoms with Crippen molar-refractivity contribution in [3.8, 4) is 5.75 Å². The lowest BCUT2D eigenvalue weighted by Crippen LogP contribution is -2.29. The average molecular weight is 345 g/mol. The number of methoxy groups -OCH3 is 1. The molecule has 3 rings (SSSR count). The van der Waals surface area contributed by atoms with Crippen LogP contribution in [0.2, 0.25) is 5.02 Å². The molecule has 124 valence electrons. The van der Waals surface area contributed by atoms with Crippen LogP contribution in [0.5, 0.6) is 5.75 Å². The van der Waals surface area contributed by atoms with Crippen LogP contribution in [-0.4, -0.2) is 25.5 Å². The molecule has 0 radical (unpaired) electrons. The highest BCUT2D eigenvalue weighted by atomic mass is 35.5. The highest BCUT2D eigenvalue weighted by Crippen LogP contribution is 2.35. The maximum absolute atomic E-state index is 13.0. The predicted molar refractivity (Wildman–Crippen MR) is 94.1 cm³/mol. The van der Waals surface area contributed by atoms with E-state index < -0.39 is 0 Å². The van der Waals surface area contributed by atoms with Gasteiger partial charge in [-0.3, -0.25) is 9.59 Å². The van der Waals surface area contributed by atoms with Crippen molar-refractivity contribution in [1.82, 2.24) is 0 Å². The van der Waals surface area contributed by atoms with E-state index >= 15 is 0 Å². The predicted octanol–water partition coefficient (Wildman–Crippen LogP) is 3.51. The highest BCUT2D eigenvalue weighted by Gasteiger charge is 2.28. The second-order valence-corrected chi connectivity index (χ2v) is 5.96. The van der Waals surface area contributed by atoms with Crippen molar-refractivity contribution in [3.05, 3.63) is 52.5 Å². The average Bonchev–Trinajstić information content (AvgIpc) is 2.99. The SMILES string of the molecule is COc1cc(NC(C)=O)c(Cl)cc1C(=O)N1CCc2ccccc21. The van der Waals surface area contributed by atoms with Gasteiger partial charge in [-0.1, -0.05) is 29.8 Å². The van der Waals surface area contributed by atoms with Crippen LogP contribution in [-0.2, 0) is 11.2 Å². The minimum absolute atomic E-state index is 0.173. The molecular formula is C18H17ClN2O3. The summed E-state index contributed by atoms with van der Waals surface area (Å²) in [6.45, 7) is 2.01. The lowest BCUT2D eigenvalue weighted by atomic mass is 10.1. The number of nitrogens with one attached hydrogen (secondary N) is 1. The molecular weight excluding hydrogens is 328 g/mol. The first-order valence-electron chi connectivity index (χ1n) is 7.56. The van der Waals surface area contributed by atoms with Gasteiger partial charge in [0.1, 0.15) is 5.75 Å². The molecule has 0 aliphatic carbocycles. The number of carbonyl (C=O) groups is 2. The van der Waals surface area contributed by atoms with Gasteiger partial charge in [-0.05, 0) is 24.1 Å². The number of halogens is 1. The zero-order valence-electron chi connectivity index (χ0n) is 13.4. The van der Waals surface area contributed by atoms with E-state index in [0.29, 0.717) is 28.6 Å². The van der Waals surface area contributed by atoms with Crippen LogP contribution >= 0.6 is 11.6 Å². The summed E-state index contributed by atoms with van der Waals surface area (Å²) in [4.78, 5) is 25.9. The Kier molecular flexibility index (Phi) is 4.44. The first-order chi connectivity index (χ1) is 11.5. The molecule has 0 bridgehead atoms. The maximum Gasteiger partial charge on any atom is 0.262 e. The van der Waals surface area contributed by atoms with Crippen molar-refractivity contribution in [2.45, 2.75) is 13.3 Å². The maximum atomic E-state index is 13.0. The number of amides is 2. The van der Waals surface area contributed by atoms with Gasteiger partial charge in [0.05, 0.1) is 23.4 Å². The standard InChI is InChI=1S/C18H17ClN2O3/c1-11(22)20-15-10-17(24-2)13(9-14(15)19)18(23)21-8-7-12-5-3-4-6-16(12)21/h3-6,9-10H,7-8H2,1-2H3,(H,20,22). The molecule has 2 aromatic rings. The molecule has 6 heteroatoms. The van der Waals surface area contributed by atoms with Gasteiger partial charge in [0.25, 0.3) is 5.91 Å². The minimum atomic E-state index is -0.244. The molecule has 0 spiro atoms. The Bertz CT molecular complexity index is 820. The van der Waals surface area contributed by atoms with Crippen LogP contribution in [0.4, 0.5) is 11.4 Å². The number of para-hydroxylation sites is 1. The Hall–Kier alpha value is -2.53. The molecule has 2 amide bonds. The van der Waals surface area contributed by atoms with Gasteiger partial charge in [-0.25, -0.2) is 0 Å². The van der Waals surface area contributed by atoms with Gasteiger partial charge >= 0.3 is 0 Å². The molecule has 24 heavy (non-hydrogen) atoms. The normalized spacial score (nSPS) is 12.7. The van der Waals surface area contributed by atoms with Crippen molar-refractivity contribution in [2.24, 2.45) is 0 Å². The molecule has 0 atom stereocenters. The number of carbonyl (C=O) groups excluding carboxylic acids is 2. The fourth-order valence-electron chi connectivity index (χ4n) is 2.87. The van der Waals surface area contributed by atoms with Crippen molar-refractivity contribution in [1.29, 1.82) is 0 Å². The third-order valence-corrected chi connectivity index (χ3v) is 4.28. The molecule has 5 nitrogen and oxygen atoms in total. The summed E-state index contributed by atoms with van der Waals surface area (Å²) in [6, 6.07) is 10.9. The summed E-state index contributed by atoms with van der Waals surface area (Å²) in [7, 11) is 1.48. The van der Waals surface area contributed by atoms with Crippen molar-refractivity contribution in [3.63, 3.8) is 0 Å². The van der Waals surface area contributed by atoms with E-state index in [1.807, 2.05) is 24.3 Å². The smallest absolute Gasteiger partial charge is 0.262 e.